The van der Waals surface area contributed by atoms with E-state index in [4.69, 9.17) is 23.2 Å². The third kappa shape index (κ3) is 4.12. The van der Waals surface area contributed by atoms with E-state index in [1.807, 2.05) is 11.5 Å². The third-order valence-electron chi connectivity index (χ3n) is 3.27. The molecule has 0 unspecified atom stereocenters. The van der Waals surface area contributed by atoms with Crippen molar-refractivity contribution in [2.24, 2.45) is 0 Å². The Morgan fingerprint density at radius 1 is 1.42 bits per heavy atom. The molecule has 1 heterocycles. The van der Waals surface area contributed by atoms with Crippen molar-refractivity contribution in [1.82, 2.24) is 19.7 Å². The Morgan fingerprint density at radius 2 is 2.12 bits per heavy atom. The molecule has 1 amide bonds. The van der Waals surface area contributed by atoms with Crippen molar-refractivity contribution in [2.75, 3.05) is 14.1 Å². The average Bonchev–Trinajstić information content (AvgIpc) is 2.89. The highest BCUT2D eigenvalue weighted by molar-refractivity contribution is 8.00. The number of halogens is 2. The van der Waals surface area contributed by atoms with Gasteiger partial charge in [-0.15, -0.1) is 16.8 Å². The maximum absolute atomic E-state index is 12.1. The van der Waals surface area contributed by atoms with Gasteiger partial charge in [-0.3, -0.25) is 9.36 Å². The summed E-state index contributed by atoms with van der Waals surface area (Å²) in [5, 5.41) is 9.88. The van der Waals surface area contributed by atoms with Crippen LogP contribution in [0.15, 0.2) is 36.0 Å². The summed E-state index contributed by atoms with van der Waals surface area (Å²) in [6.07, 6.45) is 1.75. The summed E-state index contributed by atoms with van der Waals surface area (Å²) in [5.41, 5.74) is 0.730. The van der Waals surface area contributed by atoms with Crippen molar-refractivity contribution in [3.05, 3.63) is 40.9 Å². The number of aromatic nitrogens is 3. The number of hydrogen-bond donors (Lipinski definition) is 0. The zero-order valence-corrected chi connectivity index (χ0v) is 16.0. The number of nitrogens with zero attached hydrogens (tertiary/aromatic N) is 4. The van der Waals surface area contributed by atoms with Gasteiger partial charge in [0, 0.05) is 31.2 Å². The number of hydrogen-bond acceptors (Lipinski definition) is 4. The summed E-state index contributed by atoms with van der Waals surface area (Å²) < 4.78 is 1.88. The molecule has 1 aromatic carbocycles. The van der Waals surface area contributed by atoms with Crippen molar-refractivity contribution in [1.29, 1.82) is 0 Å². The number of rotatable bonds is 6. The predicted molar refractivity (Wildman–Crippen MR) is 99.7 cm³/mol. The fourth-order valence-electron chi connectivity index (χ4n) is 2.11. The SMILES string of the molecule is C=CCn1c(S[C@@H](C)C(=O)N(C)C)nnc1-c1ccc(Cl)cc1Cl. The minimum Gasteiger partial charge on any atom is -0.348 e. The van der Waals surface area contributed by atoms with E-state index in [-0.39, 0.29) is 11.2 Å². The van der Waals surface area contributed by atoms with Gasteiger partial charge in [0.25, 0.3) is 0 Å². The van der Waals surface area contributed by atoms with E-state index >= 15 is 0 Å². The molecule has 0 aliphatic heterocycles. The topological polar surface area (TPSA) is 51.0 Å². The Bertz CT molecular complexity index is 761. The van der Waals surface area contributed by atoms with Gasteiger partial charge in [0.05, 0.1) is 10.3 Å². The molecular formula is C16H18Cl2N4OS. The summed E-state index contributed by atoms with van der Waals surface area (Å²) in [6, 6.07) is 5.22. The first-order valence-corrected chi connectivity index (χ1v) is 8.86. The number of carbonyl (C=O) groups excluding carboxylic acids is 1. The number of thioether (sulfide) groups is 1. The molecule has 0 aliphatic rings. The summed E-state index contributed by atoms with van der Waals surface area (Å²) in [6.45, 7) is 6.12. The highest BCUT2D eigenvalue weighted by Crippen LogP contribution is 2.32. The molecule has 0 radical (unpaired) electrons. The van der Waals surface area contributed by atoms with Crippen LogP contribution in [-0.4, -0.2) is 44.9 Å². The lowest BCUT2D eigenvalue weighted by Gasteiger charge is -2.16. The van der Waals surface area contributed by atoms with Crippen LogP contribution in [-0.2, 0) is 11.3 Å². The van der Waals surface area contributed by atoms with Gasteiger partial charge in [-0.1, -0.05) is 41.0 Å². The van der Waals surface area contributed by atoms with E-state index in [0.29, 0.717) is 27.6 Å². The molecule has 0 aliphatic carbocycles. The molecule has 128 valence electrons. The molecule has 0 saturated carbocycles. The monoisotopic (exact) mass is 384 g/mol. The molecular weight excluding hydrogens is 367 g/mol. The van der Waals surface area contributed by atoms with Crippen molar-refractivity contribution in [2.45, 2.75) is 23.9 Å². The van der Waals surface area contributed by atoms with Crippen molar-refractivity contribution < 1.29 is 4.79 Å². The Labute approximate surface area is 155 Å². The maximum atomic E-state index is 12.1. The molecule has 1 aromatic heterocycles. The first-order chi connectivity index (χ1) is 11.3. The van der Waals surface area contributed by atoms with E-state index in [0.717, 1.165) is 5.56 Å². The largest absolute Gasteiger partial charge is 0.348 e. The zero-order chi connectivity index (χ0) is 17.9. The summed E-state index contributed by atoms with van der Waals surface area (Å²) >= 11 is 13.6. The van der Waals surface area contributed by atoms with Crippen LogP contribution in [0.1, 0.15) is 6.92 Å². The lowest BCUT2D eigenvalue weighted by atomic mass is 10.2. The van der Waals surface area contributed by atoms with Crippen LogP contribution in [0, 0.1) is 0 Å². The molecule has 1 atom stereocenters. The molecule has 0 bridgehead atoms. The molecule has 5 nitrogen and oxygen atoms in total. The van der Waals surface area contributed by atoms with Gasteiger partial charge in [0.15, 0.2) is 11.0 Å². The summed E-state index contributed by atoms with van der Waals surface area (Å²) in [5.74, 6) is 0.628. The van der Waals surface area contributed by atoms with Gasteiger partial charge in [-0.05, 0) is 25.1 Å². The minimum absolute atomic E-state index is 0.0132. The Kier molecular flexibility index (Phi) is 6.32. The van der Waals surface area contributed by atoms with E-state index in [1.165, 1.54) is 11.8 Å². The van der Waals surface area contributed by atoms with E-state index in [1.54, 1.807) is 43.3 Å². The Balaban J connectivity index is 2.40. The lowest BCUT2D eigenvalue weighted by Crippen LogP contribution is -2.29. The third-order valence-corrected chi connectivity index (χ3v) is 4.89. The Hall–Kier alpha value is -1.50. The molecule has 8 heteroatoms. The van der Waals surface area contributed by atoms with Crippen molar-refractivity contribution >= 4 is 40.9 Å². The summed E-state index contributed by atoms with van der Waals surface area (Å²) in [4.78, 5) is 13.6. The number of benzene rings is 1. The standard InChI is InChI=1S/C16H18Cl2N4OS/c1-5-8-22-14(12-7-6-11(17)9-13(12)18)19-20-16(22)24-10(2)15(23)21(3)4/h5-7,9-10H,1,8H2,2-4H3/t10-/m0/s1. The molecule has 24 heavy (non-hydrogen) atoms. The quantitative estimate of drug-likeness (QED) is 0.557. The normalized spacial score (nSPS) is 12.0. The van der Waals surface area contributed by atoms with Gasteiger partial charge >= 0.3 is 0 Å². The smallest absolute Gasteiger partial charge is 0.235 e. The molecule has 0 saturated heterocycles. The van der Waals surface area contributed by atoms with Gasteiger partial charge in [-0.2, -0.15) is 0 Å². The van der Waals surface area contributed by atoms with Crippen LogP contribution in [0.4, 0.5) is 0 Å². The van der Waals surface area contributed by atoms with Gasteiger partial charge in [0.1, 0.15) is 0 Å². The minimum atomic E-state index is -0.277. The van der Waals surface area contributed by atoms with Crippen LogP contribution in [0.2, 0.25) is 10.0 Å². The van der Waals surface area contributed by atoms with Crippen LogP contribution >= 0.6 is 35.0 Å². The van der Waals surface area contributed by atoms with Crippen molar-refractivity contribution in [3.8, 4) is 11.4 Å². The maximum Gasteiger partial charge on any atom is 0.235 e. The second kappa shape index (κ2) is 8.05. The zero-order valence-electron chi connectivity index (χ0n) is 13.7. The second-order valence-electron chi connectivity index (χ2n) is 5.32. The Morgan fingerprint density at radius 3 is 2.71 bits per heavy atom. The first kappa shape index (κ1) is 18.8. The molecule has 0 fully saturated rings. The fraction of sp³-hybridized carbons (Fsp3) is 0.312. The summed E-state index contributed by atoms with van der Waals surface area (Å²) in [7, 11) is 3.46. The van der Waals surface area contributed by atoms with E-state index in [9.17, 15) is 4.79 Å². The first-order valence-electron chi connectivity index (χ1n) is 7.22. The molecule has 2 rings (SSSR count). The molecule has 0 N–H and O–H groups in total. The van der Waals surface area contributed by atoms with Crippen LogP contribution in [0.5, 0.6) is 0 Å². The number of carbonyl (C=O) groups is 1. The number of amides is 1. The fourth-order valence-corrected chi connectivity index (χ4v) is 3.61. The number of allylic oxidation sites excluding steroid dienone is 1. The van der Waals surface area contributed by atoms with Crippen LogP contribution in [0.3, 0.4) is 0 Å². The average molecular weight is 385 g/mol. The van der Waals surface area contributed by atoms with Crippen LogP contribution < -0.4 is 0 Å². The molecule has 2 aromatic rings. The lowest BCUT2D eigenvalue weighted by molar-refractivity contribution is -0.127. The van der Waals surface area contributed by atoms with Gasteiger partial charge in [0.2, 0.25) is 5.91 Å². The van der Waals surface area contributed by atoms with Crippen molar-refractivity contribution in [3.63, 3.8) is 0 Å². The highest BCUT2D eigenvalue weighted by Gasteiger charge is 2.22. The van der Waals surface area contributed by atoms with Gasteiger partial charge < -0.3 is 4.90 Å². The highest BCUT2D eigenvalue weighted by atomic mass is 35.5. The second-order valence-corrected chi connectivity index (χ2v) is 7.47. The predicted octanol–water partition coefficient (Wildman–Crippen LogP) is 4.01. The molecule has 0 spiro atoms. The van der Waals surface area contributed by atoms with Gasteiger partial charge in [-0.25, -0.2) is 0 Å². The van der Waals surface area contributed by atoms with E-state index < -0.39 is 0 Å². The van der Waals surface area contributed by atoms with Crippen LogP contribution in [0.25, 0.3) is 11.4 Å². The van der Waals surface area contributed by atoms with E-state index in [2.05, 4.69) is 16.8 Å².